The Bertz CT molecular complexity index is 909. The van der Waals surface area contributed by atoms with Crippen LogP contribution in [-0.4, -0.2) is 31.9 Å². The van der Waals surface area contributed by atoms with E-state index in [4.69, 9.17) is 9.15 Å². The maximum absolute atomic E-state index is 12.6. The molecule has 1 aliphatic rings. The van der Waals surface area contributed by atoms with E-state index in [0.29, 0.717) is 17.4 Å². The molecule has 25 heavy (non-hydrogen) atoms. The highest BCUT2D eigenvalue weighted by Crippen LogP contribution is 2.26. The van der Waals surface area contributed by atoms with Crippen molar-refractivity contribution in [2.24, 2.45) is 0 Å². The third kappa shape index (κ3) is 3.77. The quantitative estimate of drug-likeness (QED) is 0.816. The molecule has 1 aromatic carbocycles. The van der Waals surface area contributed by atoms with Gasteiger partial charge < -0.3 is 9.15 Å². The van der Waals surface area contributed by atoms with Crippen LogP contribution in [-0.2, 0) is 10.0 Å². The maximum Gasteiger partial charge on any atom is 0.339 e. The van der Waals surface area contributed by atoms with Crippen LogP contribution in [0.1, 0.15) is 31.1 Å². The number of nitrogens with zero attached hydrogens (tertiary/aromatic N) is 1. The van der Waals surface area contributed by atoms with Gasteiger partial charge in [0.15, 0.2) is 0 Å². The summed E-state index contributed by atoms with van der Waals surface area (Å²) in [5.41, 5.74) is 0.617. The van der Waals surface area contributed by atoms with E-state index >= 15 is 0 Å². The van der Waals surface area contributed by atoms with Gasteiger partial charge in [-0.2, -0.15) is 4.31 Å². The number of aryl methyl sites for hydroxylation is 1. The van der Waals surface area contributed by atoms with E-state index < -0.39 is 15.6 Å². The Balaban J connectivity index is 1.65. The van der Waals surface area contributed by atoms with E-state index in [1.165, 1.54) is 10.4 Å². The van der Waals surface area contributed by atoms with Crippen LogP contribution in [0, 0.1) is 6.92 Å². The maximum atomic E-state index is 12.6. The molecule has 7 heteroatoms. The van der Waals surface area contributed by atoms with Gasteiger partial charge in [-0.05, 0) is 30.5 Å². The fraction of sp³-hybridized carbons (Fsp3) is 0.389. The van der Waals surface area contributed by atoms with Gasteiger partial charge >= 0.3 is 5.63 Å². The molecule has 1 fully saturated rings. The first-order valence-electron chi connectivity index (χ1n) is 8.14. The van der Waals surface area contributed by atoms with Crippen molar-refractivity contribution >= 4 is 10.0 Å². The van der Waals surface area contributed by atoms with Crippen molar-refractivity contribution in [2.75, 3.05) is 13.1 Å². The molecule has 0 unspecified atom stereocenters. The summed E-state index contributed by atoms with van der Waals surface area (Å²) in [6, 6.07) is 9.85. The molecule has 1 aliphatic heterocycles. The number of sulfonamides is 1. The highest BCUT2D eigenvalue weighted by atomic mass is 32.2. The van der Waals surface area contributed by atoms with Crippen molar-refractivity contribution < 1.29 is 17.6 Å². The average Bonchev–Trinajstić information content (AvgIpc) is 2.49. The Morgan fingerprint density at radius 1 is 1.16 bits per heavy atom. The number of ether oxygens (including phenoxy) is 1. The Labute approximate surface area is 147 Å². The van der Waals surface area contributed by atoms with E-state index in [1.807, 2.05) is 12.1 Å². The topological polar surface area (TPSA) is 76.8 Å². The molecule has 0 aliphatic carbocycles. The molecule has 0 spiro atoms. The van der Waals surface area contributed by atoms with Crippen LogP contribution in [0.15, 0.2) is 50.5 Å². The first-order valence-corrected chi connectivity index (χ1v) is 9.58. The van der Waals surface area contributed by atoms with Crippen LogP contribution in [0.5, 0.6) is 5.75 Å². The predicted octanol–water partition coefficient (Wildman–Crippen LogP) is 2.52. The number of hydrogen-bond donors (Lipinski definition) is 0. The number of rotatable bonds is 5. The summed E-state index contributed by atoms with van der Waals surface area (Å²) in [5, 5.41) is 0. The lowest BCUT2D eigenvalue weighted by molar-refractivity contribution is 0.0754. The zero-order valence-electron chi connectivity index (χ0n) is 14.4. The Hall–Kier alpha value is -2.12. The molecular weight excluding hydrogens is 342 g/mol. The lowest BCUT2D eigenvalue weighted by Gasteiger charge is -2.37. The van der Waals surface area contributed by atoms with E-state index in [1.54, 1.807) is 25.1 Å². The van der Waals surface area contributed by atoms with Crippen molar-refractivity contribution in [1.29, 1.82) is 0 Å². The van der Waals surface area contributed by atoms with Crippen molar-refractivity contribution in [3.8, 4) is 5.75 Å². The average molecular weight is 363 g/mol. The van der Waals surface area contributed by atoms with Crippen LogP contribution in [0.4, 0.5) is 0 Å². The number of benzene rings is 1. The second kappa shape index (κ2) is 6.65. The minimum atomic E-state index is -3.51. The minimum absolute atomic E-state index is 0.257. The van der Waals surface area contributed by atoms with Crippen molar-refractivity contribution in [3.05, 3.63) is 58.1 Å². The fourth-order valence-corrected chi connectivity index (χ4v) is 4.18. The van der Waals surface area contributed by atoms with E-state index in [2.05, 4.69) is 13.8 Å². The van der Waals surface area contributed by atoms with Gasteiger partial charge in [0.2, 0.25) is 10.0 Å². The van der Waals surface area contributed by atoms with Gasteiger partial charge in [0.25, 0.3) is 0 Å². The Morgan fingerprint density at radius 2 is 1.80 bits per heavy atom. The fourth-order valence-electron chi connectivity index (χ4n) is 2.68. The van der Waals surface area contributed by atoms with Crippen molar-refractivity contribution in [3.63, 3.8) is 0 Å². The summed E-state index contributed by atoms with van der Waals surface area (Å²) in [6.45, 7) is 6.30. The van der Waals surface area contributed by atoms with Crippen LogP contribution >= 0.6 is 0 Å². The Morgan fingerprint density at radius 3 is 2.36 bits per heavy atom. The molecular formula is C18H21NO5S. The van der Waals surface area contributed by atoms with Gasteiger partial charge in [-0.1, -0.05) is 26.0 Å². The highest BCUT2D eigenvalue weighted by Gasteiger charge is 2.38. The second-order valence-corrected chi connectivity index (χ2v) is 8.45. The lowest BCUT2D eigenvalue weighted by Crippen LogP contribution is -2.55. The molecule has 0 atom stereocenters. The molecule has 0 saturated carbocycles. The van der Waals surface area contributed by atoms with Crippen LogP contribution in [0.3, 0.4) is 0 Å². The monoisotopic (exact) mass is 363 g/mol. The second-order valence-electron chi connectivity index (χ2n) is 6.51. The molecule has 3 rings (SSSR count). The van der Waals surface area contributed by atoms with Crippen molar-refractivity contribution in [1.82, 2.24) is 4.31 Å². The molecule has 2 aromatic rings. The number of hydrogen-bond acceptors (Lipinski definition) is 5. The lowest BCUT2D eigenvalue weighted by atomic mass is 10.0. The SMILES string of the molecule is Cc1cc(OC2CN(S(=O)(=O)c3ccc(C(C)C)cc3)C2)cc(=O)o1. The molecule has 6 nitrogen and oxygen atoms in total. The summed E-state index contributed by atoms with van der Waals surface area (Å²) >= 11 is 0. The molecule has 0 N–H and O–H groups in total. The molecule has 1 saturated heterocycles. The van der Waals surface area contributed by atoms with E-state index in [0.717, 1.165) is 5.56 Å². The van der Waals surface area contributed by atoms with Gasteiger partial charge in [-0.3, -0.25) is 0 Å². The van der Waals surface area contributed by atoms with E-state index in [9.17, 15) is 13.2 Å². The van der Waals surface area contributed by atoms with Crippen LogP contribution < -0.4 is 10.4 Å². The molecule has 1 aromatic heterocycles. The summed E-state index contributed by atoms with van der Waals surface area (Å²) in [7, 11) is -3.51. The van der Waals surface area contributed by atoms with E-state index in [-0.39, 0.29) is 24.1 Å². The highest BCUT2D eigenvalue weighted by molar-refractivity contribution is 7.89. The molecule has 2 heterocycles. The zero-order chi connectivity index (χ0) is 18.2. The van der Waals surface area contributed by atoms with Crippen LogP contribution in [0.2, 0.25) is 0 Å². The predicted molar refractivity (Wildman–Crippen MR) is 93.4 cm³/mol. The largest absolute Gasteiger partial charge is 0.487 e. The smallest absolute Gasteiger partial charge is 0.339 e. The summed E-state index contributed by atoms with van der Waals surface area (Å²) < 4.78 is 37.1. The van der Waals surface area contributed by atoms with Gasteiger partial charge in [-0.15, -0.1) is 0 Å². The minimum Gasteiger partial charge on any atom is -0.487 e. The van der Waals surface area contributed by atoms with Gasteiger partial charge in [0, 0.05) is 6.07 Å². The molecule has 0 bridgehead atoms. The van der Waals surface area contributed by atoms with Crippen LogP contribution in [0.25, 0.3) is 0 Å². The normalized spacial score (nSPS) is 16.0. The zero-order valence-corrected chi connectivity index (χ0v) is 15.2. The summed E-state index contributed by atoms with van der Waals surface area (Å²) in [6.07, 6.45) is -0.272. The summed E-state index contributed by atoms with van der Waals surface area (Å²) in [4.78, 5) is 11.6. The third-order valence-electron chi connectivity index (χ3n) is 4.17. The molecule has 0 radical (unpaired) electrons. The van der Waals surface area contributed by atoms with Gasteiger partial charge in [0.05, 0.1) is 24.1 Å². The standard InChI is InChI=1S/C18H21NO5S/c1-12(2)14-4-6-17(7-5-14)25(21,22)19-10-16(11-19)24-15-8-13(3)23-18(20)9-15/h4-9,12,16H,10-11H2,1-3H3. The summed E-state index contributed by atoms with van der Waals surface area (Å²) in [5.74, 6) is 1.21. The molecule has 134 valence electrons. The third-order valence-corrected chi connectivity index (χ3v) is 6.01. The van der Waals surface area contributed by atoms with Gasteiger partial charge in [-0.25, -0.2) is 13.2 Å². The first kappa shape index (κ1) is 17.7. The first-order chi connectivity index (χ1) is 11.8. The van der Waals surface area contributed by atoms with Gasteiger partial charge in [0.1, 0.15) is 17.6 Å². The molecule has 0 amide bonds. The Kier molecular flexibility index (Phi) is 4.71. The van der Waals surface area contributed by atoms with Crippen molar-refractivity contribution in [2.45, 2.75) is 37.7 Å².